The number of hydrogen-bond donors (Lipinski definition) is 1. The van der Waals surface area contributed by atoms with E-state index in [0.29, 0.717) is 18.9 Å². The van der Waals surface area contributed by atoms with E-state index < -0.39 is 28.5 Å². The number of nitrogens with one attached hydrogen (secondary N) is 1. The second-order valence-corrected chi connectivity index (χ2v) is 7.84. The molecule has 1 N–H and O–H groups in total. The van der Waals surface area contributed by atoms with Crippen LogP contribution >= 0.6 is 11.8 Å². The summed E-state index contributed by atoms with van der Waals surface area (Å²) in [5, 5.41) is 1.78. The highest BCUT2D eigenvalue weighted by molar-refractivity contribution is 8.00. The van der Waals surface area contributed by atoms with Crippen LogP contribution in [0.1, 0.15) is 53.9 Å². The molecule has 0 aromatic heterocycles. The van der Waals surface area contributed by atoms with Gasteiger partial charge in [-0.1, -0.05) is 20.3 Å². The van der Waals surface area contributed by atoms with Crippen LogP contribution < -0.4 is 5.32 Å². The third-order valence-corrected chi connectivity index (χ3v) is 4.39. The molecular weight excluding hydrogens is 348 g/mol. The summed E-state index contributed by atoms with van der Waals surface area (Å²) < 4.78 is 33.3. The van der Waals surface area contributed by atoms with Gasteiger partial charge in [0.1, 0.15) is 22.5 Å². The normalized spacial score (nSPS) is 12.6. The van der Waals surface area contributed by atoms with Gasteiger partial charge in [0.05, 0.1) is 5.69 Å². The number of rotatable bonds is 7. The quantitative estimate of drug-likeness (QED) is 0.545. The first-order valence-corrected chi connectivity index (χ1v) is 9.13. The number of carbonyl (C=O) groups excluding carboxylic acids is 2. The number of esters is 1. The second-order valence-electron chi connectivity index (χ2n) is 6.59. The molecule has 1 atom stereocenters. The Bertz CT molecular complexity index is 629. The van der Waals surface area contributed by atoms with E-state index in [9.17, 15) is 18.4 Å². The first-order valence-electron chi connectivity index (χ1n) is 8.25. The van der Waals surface area contributed by atoms with Crippen LogP contribution in [0.25, 0.3) is 0 Å². The number of carbonyl (C=O) groups is 2. The summed E-state index contributed by atoms with van der Waals surface area (Å²) >= 11 is 0.979. The van der Waals surface area contributed by atoms with Gasteiger partial charge in [-0.3, -0.25) is 9.59 Å². The zero-order chi connectivity index (χ0) is 19.2. The van der Waals surface area contributed by atoms with Crippen LogP contribution in [0.2, 0.25) is 0 Å². The van der Waals surface area contributed by atoms with Crippen LogP contribution in [0.5, 0.6) is 0 Å². The fourth-order valence-electron chi connectivity index (χ4n) is 1.96. The minimum atomic E-state index is -0.854. The third kappa shape index (κ3) is 7.02. The SMILES string of the molecule is CCCC(Sc1cc(NC(=O)CC)c(F)cc1F)C(=O)OC(C)(C)C. The third-order valence-electron chi connectivity index (χ3n) is 3.11. The molecule has 0 saturated heterocycles. The van der Waals surface area contributed by atoms with Crippen molar-refractivity contribution in [3.05, 3.63) is 23.8 Å². The molecule has 0 heterocycles. The van der Waals surface area contributed by atoms with Gasteiger partial charge >= 0.3 is 5.97 Å². The van der Waals surface area contributed by atoms with Crippen LogP contribution in [-0.4, -0.2) is 22.7 Å². The molecule has 0 aliphatic heterocycles. The maximum Gasteiger partial charge on any atom is 0.319 e. The van der Waals surface area contributed by atoms with Crippen molar-refractivity contribution in [3.8, 4) is 0 Å². The van der Waals surface area contributed by atoms with E-state index in [0.717, 1.165) is 11.8 Å². The highest BCUT2D eigenvalue weighted by Crippen LogP contribution is 2.33. The zero-order valence-electron chi connectivity index (χ0n) is 15.2. The molecule has 4 nitrogen and oxygen atoms in total. The Kier molecular flexibility index (Phi) is 7.86. The van der Waals surface area contributed by atoms with E-state index >= 15 is 0 Å². The average molecular weight is 373 g/mol. The Hall–Kier alpha value is -1.63. The maximum atomic E-state index is 14.1. The van der Waals surface area contributed by atoms with Crippen molar-refractivity contribution in [1.82, 2.24) is 0 Å². The van der Waals surface area contributed by atoms with Gasteiger partial charge in [-0.15, -0.1) is 11.8 Å². The van der Waals surface area contributed by atoms with Crippen LogP contribution in [0, 0.1) is 11.6 Å². The predicted octanol–water partition coefficient (Wildman–Crippen LogP) is 4.92. The smallest absolute Gasteiger partial charge is 0.319 e. The van der Waals surface area contributed by atoms with Crippen molar-refractivity contribution in [1.29, 1.82) is 0 Å². The summed E-state index contributed by atoms with van der Waals surface area (Å²) in [6.45, 7) is 8.82. The Morgan fingerprint density at radius 2 is 1.84 bits per heavy atom. The highest BCUT2D eigenvalue weighted by Gasteiger charge is 2.27. The van der Waals surface area contributed by atoms with E-state index in [4.69, 9.17) is 4.74 Å². The summed E-state index contributed by atoms with van der Waals surface area (Å²) in [6, 6.07) is 1.93. The topological polar surface area (TPSA) is 55.4 Å². The number of thioether (sulfide) groups is 1. The maximum absolute atomic E-state index is 14.1. The molecule has 1 unspecified atom stereocenters. The minimum absolute atomic E-state index is 0.0945. The largest absolute Gasteiger partial charge is 0.459 e. The van der Waals surface area contributed by atoms with Gasteiger partial charge in [0.15, 0.2) is 0 Å². The van der Waals surface area contributed by atoms with E-state index in [2.05, 4.69) is 5.32 Å². The van der Waals surface area contributed by atoms with Crippen LogP contribution in [0.4, 0.5) is 14.5 Å². The molecule has 140 valence electrons. The Labute approximate surface area is 151 Å². The molecule has 0 saturated carbocycles. The number of anilines is 1. The van der Waals surface area contributed by atoms with Crippen molar-refractivity contribution in [3.63, 3.8) is 0 Å². The fourth-order valence-corrected chi connectivity index (χ4v) is 3.12. The molecule has 0 aliphatic carbocycles. The number of hydrogen-bond acceptors (Lipinski definition) is 4. The monoisotopic (exact) mass is 373 g/mol. The van der Waals surface area contributed by atoms with Gasteiger partial charge in [-0.2, -0.15) is 0 Å². The molecule has 0 bridgehead atoms. The van der Waals surface area contributed by atoms with E-state index in [1.54, 1.807) is 27.7 Å². The van der Waals surface area contributed by atoms with Crippen LogP contribution in [0.3, 0.4) is 0 Å². The molecular formula is C18H25F2NO3S. The lowest BCUT2D eigenvalue weighted by Gasteiger charge is -2.23. The molecule has 1 aromatic carbocycles. The molecule has 1 aromatic rings. The summed E-state index contributed by atoms with van der Waals surface area (Å²) in [7, 11) is 0. The van der Waals surface area contributed by atoms with Crippen molar-refractivity contribution >= 4 is 29.3 Å². The zero-order valence-corrected chi connectivity index (χ0v) is 16.1. The molecule has 0 fully saturated rings. The number of amides is 1. The Morgan fingerprint density at radius 3 is 2.36 bits per heavy atom. The van der Waals surface area contributed by atoms with E-state index in [1.807, 2.05) is 6.92 Å². The number of ether oxygens (including phenoxy) is 1. The molecule has 1 rings (SSSR count). The van der Waals surface area contributed by atoms with Crippen molar-refractivity contribution in [2.45, 2.75) is 69.6 Å². The van der Waals surface area contributed by atoms with Crippen molar-refractivity contribution in [2.75, 3.05) is 5.32 Å². The van der Waals surface area contributed by atoms with Gasteiger partial charge in [0, 0.05) is 17.4 Å². The lowest BCUT2D eigenvalue weighted by molar-refractivity contribution is -0.154. The summed E-state index contributed by atoms with van der Waals surface area (Å²) in [5.74, 6) is -2.45. The van der Waals surface area contributed by atoms with Gasteiger partial charge < -0.3 is 10.1 Å². The summed E-state index contributed by atoms with van der Waals surface area (Å²) in [5.41, 5.74) is -0.749. The standard InChI is InChI=1S/C18H25F2NO3S/c1-6-8-14(17(23)24-18(3,4)5)25-15-10-13(21-16(22)7-2)11(19)9-12(15)20/h9-10,14H,6-8H2,1-5H3,(H,21,22). The molecule has 25 heavy (non-hydrogen) atoms. The number of benzene rings is 1. The van der Waals surface area contributed by atoms with Gasteiger partial charge in [-0.25, -0.2) is 8.78 Å². The highest BCUT2D eigenvalue weighted by atomic mass is 32.2. The molecule has 0 radical (unpaired) electrons. The molecule has 7 heteroatoms. The lowest BCUT2D eigenvalue weighted by Crippen LogP contribution is -2.30. The van der Waals surface area contributed by atoms with Crippen molar-refractivity contribution in [2.24, 2.45) is 0 Å². The van der Waals surface area contributed by atoms with Gasteiger partial charge in [0.25, 0.3) is 0 Å². The van der Waals surface area contributed by atoms with Crippen LogP contribution in [-0.2, 0) is 14.3 Å². The van der Waals surface area contributed by atoms with E-state index in [1.165, 1.54) is 6.07 Å². The van der Waals surface area contributed by atoms with Gasteiger partial charge in [0.2, 0.25) is 5.91 Å². The first-order chi connectivity index (χ1) is 11.6. The minimum Gasteiger partial charge on any atom is -0.459 e. The molecule has 1 amide bonds. The summed E-state index contributed by atoms with van der Waals surface area (Å²) in [6.07, 6.45) is 1.38. The fraction of sp³-hybridized carbons (Fsp3) is 0.556. The Balaban J connectivity index is 3.05. The Morgan fingerprint density at radius 1 is 1.20 bits per heavy atom. The summed E-state index contributed by atoms with van der Waals surface area (Å²) in [4.78, 5) is 23.9. The van der Waals surface area contributed by atoms with Gasteiger partial charge in [-0.05, 0) is 33.3 Å². The molecule has 0 spiro atoms. The second kappa shape index (κ2) is 9.17. The average Bonchev–Trinajstić information content (AvgIpc) is 2.49. The van der Waals surface area contributed by atoms with Crippen LogP contribution in [0.15, 0.2) is 17.0 Å². The van der Waals surface area contributed by atoms with Crippen molar-refractivity contribution < 1.29 is 23.1 Å². The lowest BCUT2D eigenvalue weighted by atomic mass is 10.2. The predicted molar refractivity (Wildman–Crippen MR) is 95.7 cm³/mol. The molecule has 0 aliphatic rings. The first kappa shape index (κ1) is 21.4. The number of halogens is 2. The van der Waals surface area contributed by atoms with E-state index in [-0.39, 0.29) is 22.9 Å².